The van der Waals surface area contributed by atoms with Gasteiger partial charge < -0.3 is 10.1 Å². The number of nitrogens with one attached hydrogen (secondary N) is 1. The zero-order chi connectivity index (χ0) is 20.6. The van der Waals surface area contributed by atoms with Crippen LogP contribution >= 0.6 is 12.4 Å². The molecule has 1 heterocycles. The van der Waals surface area contributed by atoms with E-state index in [1.807, 2.05) is 4.90 Å². The molecule has 1 N–H and O–H groups in total. The highest BCUT2D eigenvalue weighted by Crippen LogP contribution is 2.49. The number of methoxy groups -OCH3 is 1. The molecule has 0 aromatic heterocycles. The lowest BCUT2D eigenvalue weighted by Gasteiger charge is -2.44. The Balaban J connectivity index is 0.00000392. The third-order valence-electron chi connectivity index (χ3n) is 4.61. The second-order valence-electron chi connectivity index (χ2n) is 7.69. The fraction of sp³-hybridized carbons (Fsp3) is 0.667. The van der Waals surface area contributed by atoms with Gasteiger partial charge in [-0.2, -0.15) is 26.3 Å². The molecular formula is C18H25ClF6N2O. The number of nitrogens with zero attached hydrogens (tertiary/aromatic N) is 1. The van der Waals surface area contributed by atoms with Crippen LogP contribution in [0.2, 0.25) is 0 Å². The van der Waals surface area contributed by atoms with Gasteiger partial charge in [0.25, 0.3) is 0 Å². The lowest BCUT2D eigenvalue weighted by Crippen LogP contribution is -2.48. The highest BCUT2D eigenvalue weighted by atomic mass is 35.5. The van der Waals surface area contributed by atoms with Crippen LogP contribution < -0.4 is 10.1 Å². The van der Waals surface area contributed by atoms with E-state index in [1.54, 1.807) is 20.8 Å². The minimum atomic E-state index is -4.94. The fourth-order valence-corrected chi connectivity index (χ4v) is 3.58. The molecule has 1 aromatic rings. The summed E-state index contributed by atoms with van der Waals surface area (Å²) in [6.07, 6.45) is -9.85. The van der Waals surface area contributed by atoms with E-state index in [9.17, 15) is 26.3 Å². The van der Waals surface area contributed by atoms with Crippen molar-refractivity contribution in [1.29, 1.82) is 0 Å². The standard InChI is InChI=1S/C18H24F6N2O.ClH/c1-16(2,3)15(26-7-5-25-6-8-26)14-12(18(22,23)24)9-11(17(19,20)21)10-13(14)27-4;/h9-10,15,25H,5-8H2,1-4H3;1H/t15-;/m0./s1. The number of ether oxygens (including phenoxy) is 1. The van der Waals surface area contributed by atoms with E-state index < -0.39 is 40.7 Å². The summed E-state index contributed by atoms with van der Waals surface area (Å²) >= 11 is 0. The number of piperazine rings is 1. The average Bonchev–Trinajstić information content (AvgIpc) is 2.52. The topological polar surface area (TPSA) is 24.5 Å². The molecule has 1 atom stereocenters. The average molecular weight is 435 g/mol. The molecule has 3 nitrogen and oxygen atoms in total. The van der Waals surface area contributed by atoms with Crippen molar-refractivity contribution in [2.75, 3.05) is 33.3 Å². The van der Waals surface area contributed by atoms with Crippen molar-refractivity contribution >= 4 is 12.4 Å². The molecule has 28 heavy (non-hydrogen) atoms. The van der Waals surface area contributed by atoms with E-state index in [1.165, 1.54) is 0 Å². The number of halogens is 7. The van der Waals surface area contributed by atoms with Gasteiger partial charge in [-0.05, 0) is 17.5 Å². The summed E-state index contributed by atoms with van der Waals surface area (Å²) in [5.74, 6) is -0.393. The second-order valence-corrected chi connectivity index (χ2v) is 7.69. The molecule has 0 amide bonds. The summed E-state index contributed by atoms with van der Waals surface area (Å²) < 4.78 is 85.9. The molecule has 2 rings (SSSR count). The number of hydrogen-bond donors (Lipinski definition) is 1. The molecule has 0 radical (unpaired) electrons. The molecule has 1 aromatic carbocycles. The Labute approximate surface area is 166 Å². The van der Waals surface area contributed by atoms with Crippen LogP contribution in [-0.4, -0.2) is 38.2 Å². The van der Waals surface area contributed by atoms with Crippen LogP contribution in [0.3, 0.4) is 0 Å². The molecule has 0 aliphatic carbocycles. The Morgan fingerprint density at radius 3 is 1.89 bits per heavy atom. The van der Waals surface area contributed by atoms with Gasteiger partial charge in [0.1, 0.15) is 5.75 Å². The normalized spacial score (nSPS) is 17.8. The first-order chi connectivity index (χ1) is 12.3. The Morgan fingerprint density at radius 2 is 1.50 bits per heavy atom. The van der Waals surface area contributed by atoms with Gasteiger partial charge in [-0.25, -0.2) is 0 Å². The van der Waals surface area contributed by atoms with Crippen molar-refractivity contribution < 1.29 is 31.1 Å². The largest absolute Gasteiger partial charge is 0.496 e. The van der Waals surface area contributed by atoms with Gasteiger partial charge in [0.2, 0.25) is 0 Å². The van der Waals surface area contributed by atoms with Crippen LogP contribution in [0.15, 0.2) is 12.1 Å². The first kappa shape index (κ1) is 24.8. The van der Waals surface area contributed by atoms with Gasteiger partial charge in [0, 0.05) is 37.8 Å². The van der Waals surface area contributed by atoms with Crippen molar-refractivity contribution in [3.63, 3.8) is 0 Å². The van der Waals surface area contributed by atoms with E-state index in [0.717, 1.165) is 7.11 Å². The van der Waals surface area contributed by atoms with Gasteiger partial charge in [0.05, 0.1) is 18.2 Å². The summed E-state index contributed by atoms with van der Waals surface area (Å²) in [6.45, 7) is 7.49. The zero-order valence-electron chi connectivity index (χ0n) is 16.1. The molecule has 10 heteroatoms. The van der Waals surface area contributed by atoms with Crippen LogP contribution in [0.1, 0.15) is 43.5 Å². The predicted octanol–water partition coefficient (Wildman–Crippen LogP) is 5.15. The number of hydrogen-bond acceptors (Lipinski definition) is 3. The highest BCUT2D eigenvalue weighted by Gasteiger charge is 2.45. The van der Waals surface area contributed by atoms with Crippen LogP contribution in [0.4, 0.5) is 26.3 Å². The first-order valence-electron chi connectivity index (χ1n) is 8.58. The van der Waals surface area contributed by atoms with Crippen molar-refractivity contribution in [2.45, 2.75) is 39.2 Å². The molecule has 0 bridgehead atoms. The summed E-state index contributed by atoms with van der Waals surface area (Å²) in [7, 11) is 1.09. The van der Waals surface area contributed by atoms with Crippen molar-refractivity contribution in [2.24, 2.45) is 5.41 Å². The molecule has 0 unspecified atom stereocenters. The molecular weight excluding hydrogens is 410 g/mol. The van der Waals surface area contributed by atoms with E-state index in [0.29, 0.717) is 32.2 Å². The van der Waals surface area contributed by atoms with Gasteiger partial charge >= 0.3 is 12.4 Å². The van der Waals surface area contributed by atoms with Gasteiger partial charge in [-0.1, -0.05) is 20.8 Å². The van der Waals surface area contributed by atoms with Crippen LogP contribution in [0.5, 0.6) is 5.75 Å². The van der Waals surface area contributed by atoms with Crippen LogP contribution in [-0.2, 0) is 12.4 Å². The van der Waals surface area contributed by atoms with Crippen LogP contribution in [0, 0.1) is 5.41 Å². The van der Waals surface area contributed by atoms with E-state index in [-0.39, 0.29) is 24.0 Å². The molecule has 0 saturated carbocycles. The maximum Gasteiger partial charge on any atom is 0.416 e. The molecule has 1 aliphatic heterocycles. The van der Waals surface area contributed by atoms with Crippen molar-refractivity contribution in [1.82, 2.24) is 10.2 Å². The van der Waals surface area contributed by atoms with Gasteiger partial charge in [0.15, 0.2) is 0 Å². The Hall–Kier alpha value is -1.19. The van der Waals surface area contributed by atoms with Crippen molar-refractivity contribution in [3.05, 3.63) is 28.8 Å². The first-order valence-corrected chi connectivity index (χ1v) is 8.58. The van der Waals surface area contributed by atoms with E-state index >= 15 is 0 Å². The molecule has 0 spiro atoms. The number of rotatable bonds is 3. The smallest absolute Gasteiger partial charge is 0.416 e. The summed E-state index contributed by atoms with van der Waals surface area (Å²) in [5.41, 5.74) is -3.58. The summed E-state index contributed by atoms with van der Waals surface area (Å²) in [4.78, 5) is 1.87. The Bertz CT molecular complexity index is 664. The maximum absolute atomic E-state index is 13.8. The van der Waals surface area contributed by atoms with Gasteiger partial charge in [-0.15, -0.1) is 12.4 Å². The Kier molecular flexibility index (Phi) is 7.69. The minimum absolute atomic E-state index is 0. The SMILES string of the molecule is COc1cc(C(F)(F)F)cc(C(F)(F)F)c1[C@H](N1CCNCC1)C(C)(C)C.Cl. The highest BCUT2D eigenvalue weighted by molar-refractivity contribution is 5.85. The lowest BCUT2D eigenvalue weighted by atomic mass is 9.78. The molecule has 1 aliphatic rings. The lowest BCUT2D eigenvalue weighted by molar-refractivity contribution is -0.144. The molecule has 1 fully saturated rings. The minimum Gasteiger partial charge on any atom is -0.496 e. The summed E-state index contributed by atoms with van der Waals surface area (Å²) in [5, 5.41) is 3.13. The zero-order valence-corrected chi connectivity index (χ0v) is 16.9. The van der Waals surface area contributed by atoms with Crippen molar-refractivity contribution in [3.8, 4) is 5.75 Å². The third kappa shape index (κ3) is 5.45. The summed E-state index contributed by atoms with van der Waals surface area (Å²) in [6, 6.07) is 0.0954. The van der Waals surface area contributed by atoms with Gasteiger partial charge in [-0.3, -0.25) is 4.90 Å². The quantitative estimate of drug-likeness (QED) is 0.666. The monoisotopic (exact) mass is 434 g/mol. The number of alkyl halides is 6. The second kappa shape index (κ2) is 8.67. The molecule has 162 valence electrons. The van der Waals surface area contributed by atoms with E-state index in [2.05, 4.69) is 5.32 Å². The van der Waals surface area contributed by atoms with Crippen LogP contribution in [0.25, 0.3) is 0 Å². The molecule has 1 saturated heterocycles. The Morgan fingerprint density at radius 1 is 0.964 bits per heavy atom. The van der Waals surface area contributed by atoms with E-state index in [4.69, 9.17) is 4.74 Å². The third-order valence-corrected chi connectivity index (χ3v) is 4.61. The maximum atomic E-state index is 13.8. The number of benzene rings is 1. The fourth-order valence-electron chi connectivity index (χ4n) is 3.58. The predicted molar refractivity (Wildman–Crippen MR) is 96.9 cm³/mol.